The second-order valence-electron chi connectivity index (χ2n) is 5.99. The van der Waals surface area contributed by atoms with Crippen LogP contribution in [-0.2, 0) is 0 Å². The van der Waals surface area contributed by atoms with Crippen molar-refractivity contribution in [1.82, 2.24) is 15.1 Å². The van der Waals surface area contributed by atoms with E-state index in [0.717, 1.165) is 0 Å². The Kier molecular flexibility index (Phi) is 5.49. The van der Waals surface area contributed by atoms with Gasteiger partial charge in [0.1, 0.15) is 24.0 Å². The number of benzene rings is 2. The van der Waals surface area contributed by atoms with Gasteiger partial charge in [-0.2, -0.15) is 5.10 Å². The van der Waals surface area contributed by atoms with Crippen molar-refractivity contribution in [2.75, 3.05) is 13.2 Å². The largest absolute Gasteiger partial charge is 0.492 e. The average molecular weight is 371 g/mol. The van der Waals surface area contributed by atoms with E-state index in [-0.39, 0.29) is 30.7 Å². The standard InChI is InChI=1S/C20H19F2N3O2/c1-13-19(14(2)25(24-13)17-7-3-15(21)4-8-17)20(26)23-11-12-27-18-9-5-16(22)6-10-18/h3-10H,11-12H2,1-2H3,(H,23,26). The van der Waals surface area contributed by atoms with Crippen LogP contribution in [0.2, 0.25) is 0 Å². The lowest BCUT2D eigenvalue weighted by atomic mass is 10.2. The summed E-state index contributed by atoms with van der Waals surface area (Å²) < 4.78 is 33.0. The highest BCUT2D eigenvalue weighted by atomic mass is 19.1. The number of amides is 1. The Morgan fingerprint density at radius 2 is 1.63 bits per heavy atom. The van der Waals surface area contributed by atoms with Crippen molar-refractivity contribution in [2.24, 2.45) is 0 Å². The molecule has 0 aliphatic heterocycles. The smallest absolute Gasteiger partial charge is 0.255 e. The highest BCUT2D eigenvalue weighted by Gasteiger charge is 2.19. The van der Waals surface area contributed by atoms with E-state index in [1.165, 1.54) is 36.4 Å². The molecule has 27 heavy (non-hydrogen) atoms. The molecule has 0 aliphatic carbocycles. The van der Waals surface area contributed by atoms with E-state index >= 15 is 0 Å². The van der Waals surface area contributed by atoms with Gasteiger partial charge in [-0.3, -0.25) is 4.79 Å². The van der Waals surface area contributed by atoms with Crippen LogP contribution in [0.3, 0.4) is 0 Å². The van der Waals surface area contributed by atoms with Gasteiger partial charge in [0.05, 0.1) is 29.2 Å². The summed E-state index contributed by atoms with van der Waals surface area (Å²) in [5.74, 6) is -0.401. The predicted molar refractivity (Wildman–Crippen MR) is 97.2 cm³/mol. The van der Waals surface area contributed by atoms with Gasteiger partial charge < -0.3 is 10.1 Å². The van der Waals surface area contributed by atoms with Crippen LogP contribution >= 0.6 is 0 Å². The number of rotatable bonds is 6. The average Bonchev–Trinajstić information content (AvgIpc) is 2.95. The second kappa shape index (κ2) is 7.99. The lowest BCUT2D eigenvalue weighted by Gasteiger charge is -2.08. The molecule has 0 aliphatic rings. The zero-order valence-corrected chi connectivity index (χ0v) is 15.0. The molecule has 3 rings (SSSR count). The van der Waals surface area contributed by atoms with Gasteiger partial charge in [-0.25, -0.2) is 13.5 Å². The first kappa shape index (κ1) is 18.6. The quantitative estimate of drug-likeness (QED) is 0.674. The molecule has 1 heterocycles. The molecule has 1 amide bonds. The first-order chi connectivity index (χ1) is 13.0. The fraction of sp³-hybridized carbons (Fsp3) is 0.200. The van der Waals surface area contributed by atoms with Crippen molar-refractivity contribution in [3.8, 4) is 11.4 Å². The zero-order valence-electron chi connectivity index (χ0n) is 15.0. The highest BCUT2D eigenvalue weighted by Crippen LogP contribution is 2.18. The minimum absolute atomic E-state index is 0.252. The summed E-state index contributed by atoms with van der Waals surface area (Å²) in [5.41, 5.74) is 2.39. The molecule has 2 aromatic carbocycles. The summed E-state index contributed by atoms with van der Waals surface area (Å²) in [6.45, 7) is 4.07. The van der Waals surface area contributed by atoms with E-state index in [9.17, 15) is 13.6 Å². The van der Waals surface area contributed by atoms with Gasteiger partial charge in [0.25, 0.3) is 5.91 Å². The SMILES string of the molecule is Cc1nn(-c2ccc(F)cc2)c(C)c1C(=O)NCCOc1ccc(F)cc1. The van der Waals surface area contributed by atoms with Gasteiger partial charge in [-0.05, 0) is 62.4 Å². The van der Waals surface area contributed by atoms with Crippen LogP contribution in [-0.4, -0.2) is 28.8 Å². The van der Waals surface area contributed by atoms with Crippen molar-refractivity contribution in [1.29, 1.82) is 0 Å². The van der Waals surface area contributed by atoms with Crippen molar-refractivity contribution in [2.45, 2.75) is 13.8 Å². The van der Waals surface area contributed by atoms with Crippen LogP contribution in [0.4, 0.5) is 8.78 Å². The Morgan fingerprint density at radius 1 is 1.04 bits per heavy atom. The normalized spacial score (nSPS) is 10.7. The van der Waals surface area contributed by atoms with Crippen molar-refractivity contribution in [3.63, 3.8) is 0 Å². The Hall–Kier alpha value is -3.22. The molecule has 0 radical (unpaired) electrons. The molecule has 1 aromatic heterocycles. The predicted octanol–water partition coefficient (Wildman–Crippen LogP) is 3.58. The molecule has 0 bridgehead atoms. The zero-order chi connectivity index (χ0) is 19.4. The van der Waals surface area contributed by atoms with Crippen molar-refractivity contribution < 1.29 is 18.3 Å². The first-order valence-corrected chi connectivity index (χ1v) is 8.44. The molecular formula is C20H19F2N3O2. The Labute approximate surface area is 155 Å². The molecular weight excluding hydrogens is 352 g/mol. The molecule has 5 nitrogen and oxygen atoms in total. The van der Waals surface area contributed by atoms with Crippen LogP contribution in [0.25, 0.3) is 5.69 Å². The summed E-state index contributed by atoms with van der Waals surface area (Å²) in [6, 6.07) is 11.6. The maximum atomic E-state index is 13.1. The van der Waals surface area contributed by atoms with E-state index in [2.05, 4.69) is 10.4 Å². The lowest BCUT2D eigenvalue weighted by molar-refractivity contribution is 0.0945. The van der Waals surface area contributed by atoms with Gasteiger partial charge in [0, 0.05) is 0 Å². The third-order valence-electron chi connectivity index (χ3n) is 4.06. The molecule has 0 saturated heterocycles. The maximum absolute atomic E-state index is 13.1. The summed E-state index contributed by atoms with van der Waals surface area (Å²) in [6.07, 6.45) is 0. The van der Waals surface area contributed by atoms with Crippen LogP contribution in [0.15, 0.2) is 48.5 Å². The Bertz CT molecular complexity index is 935. The van der Waals surface area contributed by atoms with Gasteiger partial charge in [-0.15, -0.1) is 0 Å². The van der Waals surface area contributed by atoms with Gasteiger partial charge in [-0.1, -0.05) is 0 Å². The number of carbonyl (C=O) groups is 1. The molecule has 0 spiro atoms. The number of aromatic nitrogens is 2. The minimum atomic E-state index is -0.334. The van der Waals surface area contributed by atoms with Gasteiger partial charge >= 0.3 is 0 Å². The van der Waals surface area contributed by atoms with Crippen LogP contribution in [0, 0.1) is 25.5 Å². The lowest BCUT2D eigenvalue weighted by Crippen LogP contribution is -2.29. The number of hydrogen-bond donors (Lipinski definition) is 1. The third kappa shape index (κ3) is 4.31. The topological polar surface area (TPSA) is 56.2 Å². The van der Waals surface area contributed by atoms with E-state index in [0.29, 0.717) is 28.4 Å². The number of ether oxygens (including phenoxy) is 1. The molecule has 7 heteroatoms. The fourth-order valence-electron chi connectivity index (χ4n) is 2.76. The third-order valence-corrected chi connectivity index (χ3v) is 4.06. The van der Waals surface area contributed by atoms with E-state index in [4.69, 9.17) is 4.74 Å². The summed E-state index contributed by atoms with van der Waals surface area (Å²) in [7, 11) is 0. The maximum Gasteiger partial charge on any atom is 0.255 e. The van der Waals surface area contributed by atoms with E-state index < -0.39 is 0 Å². The van der Waals surface area contributed by atoms with Gasteiger partial charge in [0.2, 0.25) is 0 Å². The Morgan fingerprint density at radius 3 is 2.26 bits per heavy atom. The molecule has 0 unspecified atom stereocenters. The molecule has 0 atom stereocenters. The molecule has 140 valence electrons. The number of carbonyl (C=O) groups excluding carboxylic acids is 1. The summed E-state index contributed by atoms with van der Waals surface area (Å²) in [4.78, 5) is 12.5. The number of aryl methyl sites for hydroxylation is 1. The van der Waals surface area contributed by atoms with E-state index in [1.807, 2.05) is 0 Å². The van der Waals surface area contributed by atoms with Crippen LogP contribution in [0.1, 0.15) is 21.7 Å². The van der Waals surface area contributed by atoms with Crippen molar-refractivity contribution in [3.05, 3.63) is 77.1 Å². The number of nitrogens with one attached hydrogen (secondary N) is 1. The molecule has 1 N–H and O–H groups in total. The number of halogens is 2. The summed E-state index contributed by atoms with van der Waals surface area (Å²) in [5, 5.41) is 7.17. The first-order valence-electron chi connectivity index (χ1n) is 8.44. The second-order valence-corrected chi connectivity index (χ2v) is 5.99. The van der Waals surface area contributed by atoms with Crippen molar-refractivity contribution >= 4 is 5.91 Å². The van der Waals surface area contributed by atoms with E-state index in [1.54, 1.807) is 30.7 Å². The number of nitrogens with zero attached hydrogens (tertiary/aromatic N) is 2. The molecule has 0 saturated carbocycles. The molecule has 3 aromatic rings. The number of hydrogen-bond acceptors (Lipinski definition) is 3. The minimum Gasteiger partial charge on any atom is -0.492 e. The molecule has 0 fully saturated rings. The van der Waals surface area contributed by atoms with Gasteiger partial charge in [0.15, 0.2) is 0 Å². The van der Waals surface area contributed by atoms with Crippen LogP contribution < -0.4 is 10.1 Å². The Balaban J connectivity index is 1.63. The van der Waals surface area contributed by atoms with Crippen LogP contribution in [0.5, 0.6) is 5.75 Å². The summed E-state index contributed by atoms with van der Waals surface area (Å²) >= 11 is 0. The highest BCUT2D eigenvalue weighted by molar-refractivity contribution is 5.96. The fourth-order valence-corrected chi connectivity index (χ4v) is 2.76. The monoisotopic (exact) mass is 371 g/mol.